The van der Waals surface area contributed by atoms with Crippen LogP contribution >= 0.6 is 0 Å². The molecular formula is C15H23NO3. The second-order valence-corrected chi connectivity index (χ2v) is 5.67. The molecule has 19 heavy (non-hydrogen) atoms. The number of hydrogen-bond donors (Lipinski definition) is 3. The number of aliphatic carboxylic acids is 1. The SMILES string of the molecule is CC(C)(C)c1ccc(C(NCCCO)C(=O)O)cc1. The first-order valence-corrected chi connectivity index (χ1v) is 6.53. The molecule has 0 fully saturated rings. The van der Waals surface area contributed by atoms with Crippen LogP contribution in [0.1, 0.15) is 44.4 Å². The number of hydrogen-bond acceptors (Lipinski definition) is 3. The zero-order valence-corrected chi connectivity index (χ0v) is 11.8. The Balaban J connectivity index is 2.83. The smallest absolute Gasteiger partial charge is 0.325 e. The van der Waals surface area contributed by atoms with Gasteiger partial charge in [-0.15, -0.1) is 0 Å². The van der Waals surface area contributed by atoms with E-state index in [0.717, 1.165) is 5.56 Å². The average molecular weight is 265 g/mol. The lowest BCUT2D eigenvalue weighted by Crippen LogP contribution is -2.29. The first kappa shape index (κ1) is 15.7. The summed E-state index contributed by atoms with van der Waals surface area (Å²) in [7, 11) is 0. The van der Waals surface area contributed by atoms with Crippen molar-refractivity contribution in [3.63, 3.8) is 0 Å². The Morgan fingerprint density at radius 3 is 2.26 bits per heavy atom. The minimum atomic E-state index is -0.901. The van der Waals surface area contributed by atoms with E-state index in [2.05, 4.69) is 26.1 Å². The van der Waals surface area contributed by atoms with Crippen LogP contribution in [0.2, 0.25) is 0 Å². The van der Waals surface area contributed by atoms with Gasteiger partial charge in [0.1, 0.15) is 6.04 Å². The summed E-state index contributed by atoms with van der Waals surface area (Å²) in [5.41, 5.74) is 1.97. The summed E-state index contributed by atoms with van der Waals surface area (Å²) in [6.07, 6.45) is 0.545. The van der Waals surface area contributed by atoms with Crippen molar-refractivity contribution < 1.29 is 15.0 Å². The molecule has 0 aliphatic heterocycles. The third kappa shape index (κ3) is 4.65. The minimum absolute atomic E-state index is 0.0571. The number of carboxylic acids is 1. The number of aliphatic hydroxyl groups is 1. The molecule has 106 valence electrons. The summed E-state index contributed by atoms with van der Waals surface area (Å²) < 4.78 is 0. The van der Waals surface area contributed by atoms with Gasteiger partial charge < -0.3 is 15.5 Å². The zero-order chi connectivity index (χ0) is 14.5. The second-order valence-electron chi connectivity index (χ2n) is 5.67. The van der Waals surface area contributed by atoms with Crippen molar-refractivity contribution in [3.05, 3.63) is 35.4 Å². The maximum absolute atomic E-state index is 11.3. The highest BCUT2D eigenvalue weighted by Gasteiger charge is 2.20. The maximum atomic E-state index is 11.3. The van der Waals surface area contributed by atoms with Crippen molar-refractivity contribution in [1.82, 2.24) is 5.32 Å². The van der Waals surface area contributed by atoms with Gasteiger partial charge in [0.15, 0.2) is 0 Å². The van der Waals surface area contributed by atoms with Gasteiger partial charge in [-0.1, -0.05) is 45.0 Å². The van der Waals surface area contributed by atoms with E-state index in [1.54, 1.807) is 0 Å². The van der Waals surface area contributed by atoms with Crippen molar-refractivity contribution in [2.24, 2.45) is 0 Å². The predicted octanol–water partition coefficient (Wildman–Crippen LogP) is 2.08. The summed E-state index contributed by atoms with van der Waals surface area (Å²) in [6.45, 7) is 6.90. The van der Waals surface area contributed by atoms with E-state index in [1.165, 1.54) is 5.56 Å². The molecule has 1 rings (SSSR count). The number of nitrogens with one attached hydrogen (secondary N) is 1. The fourth-order valence-corrected chi connectivity index (χ4v) is 1.85. The van der Waals surface area contributed by atoms with Crippen LogP contribution in [0.15, 0.2) is 24.3 Å². The third-order valence-corrected chi connectivity index (χ3v) is 3.04. The number of aliphatic hydroxyl groups excluding tert-OH is 1. The molecule has 0 amide bonds. The molecule has 4 nitrogen and oxygen atoms in total. The monoisotopic (exact) mass is 265 g/mol. The summed E-state index contributed by atoms with van der Waals surface area (Å²) in [6, 6.07) is 6.93. The van der Waals surface area contributed by atoms with Crippen LogP contribution in [0.25, 0.3) is 0 Å². The van der Waals surface area contributed by atoms with E-state index in [-0.39, 0.29) is 12.0 Å². The topological polar surface area (TPSA) is 69.6 Å². The molecule has 0 saturated carbocycles. The third-order valence-electron chi connectivity index (χ3n) is 3.04. The van der Waals surface area contributed by atoms with Crippen LogP contribution in [0.4, 0.5) is 0 Å². The van der Waals surface area contributed by atoms with Crippen LogP contribution < -0.4 is 5.32 Å². The van der Waals surface area contributed by atoms with Gasteiger partial charge in [-0.3, -0.25) is 4.79 Å². The van der Waals surface area contributed by atoms with Gasteiger partial charge in [0.25, 0.3) is 0 Å². The number of carbonyl (C=O) groups is 1. The molecule has 0 aliphatic rings. The molecule has 0 aromatic heterocycles. The predicted molar refractivity (Wildman–Crippen MR) is 75.2 cm³/mol. The molecule has 0 heterocycles. The largest absolute Gasteiger partial charge is 0.480 e. The molecule has 0 aliphatic carbocycles. The standard InChI is InChI=1S/C15H23NO3/c1-15(2,3)12-7-5-11(6-8-12)13(14(18)19)16-9-4-10-17/h5-8,13,16-17H,4,9-10H2,1-3H3,(H,18,19). The van der Waals surface area contributed by atoms with E-state index in [0.29, 0.717) is 13.0 Å². The Morgan fingerprint density at radius 2 is 1.84 bits per heavy atom. The molecule has 0 radical (unpaired) electrons. The number of carboxylic acid groups (broad SMARTS) is 1. The summed E-state index contributed by atoms with van der Waals surface area (Å²) in [5, 5.41) is 20.9. The van der Waals surface area contributed by atoms with Gasteiger partial charge >= 0.3 is 5.97 Å². The lowest BCUT2D eigenvalue weighted by molar-refractivity contribution is -0.139. The number of benzene rings is 1. The maximum Gasteiger partial charge on any atom is 0.325 e. The van der Waals surface area contributed by atoms with Gasteiger partial charge in [-0.05, 0) is 29.5 Å². The summed E-state index contributed by atoms with van der Waals surface area (Å²) in [5.74, 6) is -0.901. The van der Waals surface area contributed by atoms with Crippen LogP contribution in [-0.4, -0.2) is 29.3 Å². The summed E-state index contributed by atoms with van der Waals surface area (Å²) >= 11 is 0. The first-order chi connectivity index (χ1) is 8.86. The fourth-order valence-electron chi connectivity index (χ4n) is 1.85. The quantitative estimate of drug-likeness (QED) is 0.689. The van der Waals surface area contributed by atoms with E-state index in [1.807, 2.05) is 24.3 Å². The fraction of sp³-hybridized carbons (Fsp3) is 0.533. The van der Waals surface area contributed by atoms with E-state index >= 15 is 0 Å². The Bertz CT molecular complexity index is 406. The lowest BCUT2D eigenvalue weighted by Gasteiger charge is -2.20. The van der Waals surface area contributed by atoms with Crippen LogP contribution in [-0.2, 0) is 10.2 Å². The second kappa shape index (κ2) is 6.68. The normalized spacial score (nSPS) is 13.3. The van der Waals surface area contributed by atoms with Gasteiger partial charge in [0.2, 0.25) is 0 Å². The van der Waals surface area contributed by atoms with E-state index < -0.39 is 12.0 Å². The van der Waals surface area contributed by atoms with Gasteiger partial charge in [0.05, 0.1) is 0 Å². The van der Waals surface area contributed by atoms with Crippen molar-refractivity contribution >= 4 is 5.97 Å². The van der Waals surface area contributed by atoms with Crippen molar-refractivity contribution in [2.45, 2.75) is 38.6 Å². The van der Waals surface area contributed by atoms with Crippen LogP contribution in [0.5, 0.6) is 0 Å². The molecule has 0 bridgehead atoms. The molecule has 0 spiro atoms. The highest BCUT2D eigenvalue weighted by atomic mass is 16.4. The van der Waals surface area contributed by atoms with Gasteiger partial charge in [0, 0.05) is 6.61 Å². The Hall–Kier alpha value is -1.39. The minimum Gasteiger partial charge on any atom is -0.480 e. The highest BCUT2D eigenvalue weighted by molar-refractivity contribution is 5.75. The number of rotatable bonds is 6. The molecule has 3 N–H and O–H groups in total. The first-order valence-electron chi connectivity index (χ1n) is 6.53. The molecule has 1 aromatic carbocycles. The zero-order valence-electron chi connectivity index (χ0n) is 11.8. The van der Waals surface area contributed by atoms with Crippen molar-refractivity contribution in [3.8, 4) is 0 Å². The highest BCUT2D eigenvalue weighted by Crippen LogP contribution is 2.24. The Morgan fingerprint density at radius 1 is 1.26 bits per heavy atom. The van der Waals surface area contributed by atoms with Gasteiger partial charge in [-0.2, -0.15) is 0 Å². The lowest BCUT2D eigenvalue weighted by atomic mass is 9.86. The van der Waals surface area contributed by atoms with E-state index in [9.17, 15) is 9.90 Å². The Kier molecular flexibility index (Phi) is 5.51. The molecule has 4 heteroatoms. The molecule has 1 unspecified atom stereocenters. The summed E-state index contributed by atoms with van der Waals surface area (Å²) in [4.78, 5) is 11.3. The van der Waals surface area contributed by atoms with Crippen LogP contribution in [0, 0.1) is 0 Å². The molecule has 1 aromatic rings. The van der Waals surface area contributed by atoms with Crippen molar-refractivity contribution in [1.29, 1.82) is 0 Å². The molecule has 1 atom stereocenters. The van der Waals surface area contributed by atoms with Crippen molar-refractivity contribution in [2.75, 3.05) is 13.2 Å². The van der Waals surface area contributed by atoms with Gasteiger partial charge in [-0.25, -0.2) is 0 Å². The Labute approximate surface area is 114 Å². The molecule has 0 saturated heterocycles. The van der Waals surface area contributed by atoms with E-state index in [4.69, 9.17) is 5.11 Å². The van der Waals surface area contributed by atoms with Crippen LogP contribution in [0.3, 0.4) is 0 Å². The molecular weight excluding hydrogens is 242 g/mol. The average Bonchev–Trinajstić information content (AvgIpc) is 2.33.